The maximum Gasteiger partial charge on any atom is 0.343 e. The van der Waals surface area contributed by atoms with Crippen molar-refractivity contribution in [2.24, 2.45) is 7.05 Å². The van der Waals surface area contributed by atoms with Crippen molar-refractivity contribution < 1.29 is 14.3 Å². The first-order valence-corrected chi connectivity index (χ1v) is 9.75. The van der Waals surface area contributed by atoms with Crippen LogP contribution in [0.1, 0.15) is 43.4 Å². The van der Waals surface area contributed by atoms with Crippen molar-refractivity contribution in [3.05, 3.63) is 74.3 Å². The second kappa shape index (κ2) is 8.43. The molecule has 0 spiro atoms. The van der Waals surface area contributed by atoms with E-state index in [9.17, 15) is 9.59 Å². The summed E-state index contributed by atoms with van der Waals surface area (Å²) in [5.41, 5.74) is 3.71. The van der Waals surface area contributed by atoms with Gasteiger partial charge < -0.3 is 9.30 Å². The van der Waals surface area contributed by atoms with E-state index in [4.69, 9.17) is 27.9 Å². The number of ether oxygens (including phenoxy) is 1. The van der Waals surface area contributed by atoms with Crippen LogP contribution in [0, 0.1) is 20.8 Å². The predicted molar refractivity (Wildman–Crippen MR) is 112 cm³/mol. The largest absolute Gasteiger partial charge is 0.454 e. The lowest BCUT2D eigenvalue weighted by Crippen LogP contribution is -2.15. The van der Waals surface area contributed by atoms with Crippen LogP contribution in [-0.2, 0) is 18.3 Å². The van der Waals surface area contributed by atoms with Crippen molar-refractivity contribution in [1.29, 1.82) is 0 Å². The molecule has 0 saturated carbocycles. The van der Waals surface area contributed by atoms with Gasteiger partial charge in [-0.3, -0.25) is 4.79 Å². The first kappa shape index (κ1) is 21.1. The Morgan fingerprint density at radius 1 is 1.14 bits per heavy atom. The van der Waals surface area contributed by atoms with Crippen molar-refractivity contribution in [3.8, 4) is 0 Å². The zero-order valence-electron chi connectivity index (χ0n) is 16.6. The average molecular weight is 434 g/mol. The van der Waals surface area contributed by atoms with Gasteiger partial charge in [-0.2, -0.15) is 5.10 Å². The van der Waals surface area contributed by atoms with Gasteiger partial charge in [0.15, 0.2) is 6.61 Å². The molecule has 0 bridgehead atoms. The van der Waals surface area contributed by atoms with Gasteiger partial charge in [-0.15, -0.1) is 0 Å². The Bertz CT molecular complexity index is 1100. The fourth-order valence-electron chi connectivity index (χ4n) is 3.10. The van der Waals surface area contributed by atoms with Gasteiger partial charge in [0.2, 0.25) is 5.78 Å². The fraction of sp³-hybridized carbons (Fsp3) is 0.286. The van der Waals surface area contributed by atoms with Gasteiger partial charge in [0.1, 0.15) is 10.7 Å². The molecule has 1 aromatic carbocycles. The topological polar surface area (TPSA) is 66.1 Å². The molecule has 0 amide bonds. The number of hydrogen-bond donors (Lipinski definition) is 0. The Morgan fingerprint density at radius 3 is 2.45 bits per heavy atom. The number of carbonyl (C=O) groups excluding carboxylic acids is 2. The van der Waals surface area contributed by atoms with Gasteiger partial charge in [0.05, 0.1) is 12.2 Å². The van der Waals surface area contributed by atoms with E-state index in [0.29, 0.717) is 22.8 Å². The van der Waals surface area contributed by atoms with Gasteiger partial charge in [0.25, 0.3) is 0 Å². The number of carbonyl (C=O) groups is 2. The predicted octanol–water partition coefficient (Wildman–Crippen LogP) is 4.54. The number of rotatable bonds is 6. The van der Waals surface area contributed by atoms with Gasteiger partial charge in [-0.1, -0.05) is 41.4 Å². The fourth-order valence-corrected chi connectivity index (χ4v) is 3.60. The van der Waals surface area contributed by atoms with Crippen LogP contribution in [0.2, 0.25) is 10.2 Å². The second-order valence-electron chi connectivity index (χ2n) is 6.84. The number of halogens is 2. The van der Waals surface area contributed by atoms with Crippen LogP contribution in [-0.4, -0.2) is 32.7 Å². The molecular weight excluding hydrogens is 413 g/mol. The van der Waals surface area contributed by atoms with Crippen LogP contribution in [0.5, 0.6) is 0 Å². The van der Waals surface area contributed by atoms with Crippen LogP contribution in [0.15, 0.2) is 30.3 Å². The Morgan fingerprint density at radius 2 is 1.83 bits per heavy atom. The molecular formula is C21H21Cl2N3O3. The molecule has 0 N–H and O–H groups in total. The SMILES string of the molecule is Cc1nn(Cc2ccccc2Cl)c(Cl)c1C(=O)OCC(=O)c1cc(C)n(C)c1C. The van der Waals surface area contributed by atoms with E-state index >= 15 is 0 Å². The molecule has 3 aromatic rings. The summed E-state index contributed by atoms with van der Waals surface area (Å²) in [5.74, 6) is -0.951. The maximum absolute atomic E-state index is 12.6. The van der Waals surface area contributed by atoms with Crippen LogP contribution >= 0.6 is 23.2 Å². The lowest BCUT2D eigenvalue weighted by Gasteiger charge is -2.07. The van der Waals surface area contributed by atoms with E-state index < -0.39 is 5.97 Å². The van der Waals surface area contributed by atoms with Crippen molar-refractivity contribution in [2.75, 3.05) is 6.61 Å². The van der Waals surface area contributed by atoms with Crippen molar-refractivity contribution in [3.63, 3.8) is 0 Å². The van der Waals surface area contributed by atoms with Crippen LogP contribution in [0.25, 0.3) is 0 Å². The molecule has 6 nitrogen and oxygen atoms in total. The number of hydrogen-bond acceptors (Lipinski definition) is 4. The minimum absolute atomic E-state index is 0.145. The number of aryl methyl sites for hydroxylation is 2. The highest BCUT2D eigenvalue weighted by atomic mass is 35.5. The van der Waals surface area contributed by atoms with E-state index in [0.717, 1.165) is 17.0 Å². The zero-order chi connectivity index (χ0) is 21.3. The van der Waals surface area contributed by atoms with Crippen LogP contribution in [0.3, 0.4) is 0 Å². The molecule has 0 aliphatic carbocycles. The number of ketones is 1. The lowest BCUT2D eigenvalue weighted by atomic mass is 10.1. The highest BCUT2D eigenvalue weighted by Gasteiger charge is 2.24. The van der Waals surface area contributed by atoms with E-state index in [1.165, 1.54) is 4.68 Å². The summed E-state index contributed by atoms with van der Waals surface area (Å²) >= 11 is 12.6. The Labute approximate surface area is 179 Å². The van der Waals surface area contributed by atoms with Crippen LogP contribution in [0.4, 0.5) is 0 Å². The summed E-state index contributed by atoms with van der Waals surface area (Å²) in [6.45, 7) is 5.37. The van der Waals surface area contributed by atoms with Gasteiger partial charge >= 0.3 is 5.97 Å². The van der Waals surface area contributed by atoms with E-state index in [2.05, 4.69) is 5.10 Å². The molecule has 0 atom stereocenters. The monoisotopic (exact) mass is 433 g/mol. The number of Topliss-reactive ketones (excluding diaryl/α,β-unsaturated/α-hetero) is 1. The lowest BCUT2D eigenvalue weighted by molar-refractivity contribution is 0.0474. The second-order valence-corrected chi connectivity index (χ2v) is 7.61. The Balaban J connectivity index is 1.74. The van der Waals surface area contributed by atoms with Gasteiger partial charge in [0, 0.05) is 29.0 Å². The Hall–Kier alpha value is -2.57. The van der Waals surface area contributed by atoms with E-state index in [1.54, 1.807) is 19.1 Å². The van der Waals surface area contributed by atoms with Crippen molar-refractivity contribution in [2.45, 2.75) is 27.3 Å². The molecule has 0 radical (unpaired) electrons. The molecule has 8 heteroatoms. The molecule has 0 fully saturated rings. The minimum atomic E-state index is -0.684. The van der Waals surface area contributed by atoms with E-state index in [1.807, 2.05) is 43.7 Å². The third-order valence-corrected chi connectivity index (χ3v) is 5.71. The highest BCUT2D eigenvalue weighted by molar-refractivity contribution is 6.33. The smallest absolute Gasteiger partial charge is 0.343 e. The molecule has 0 aliphatic heterocycles. The molecule has 2 heterocycles. The number of esters is 1. The first-order chi connectivity index (χ1) is 13.7. The molecule has 2 aromatic heterocycles. The van der Waals surface area contributed by atoms with Crippen molar-refractivity contribution in [1.82, 2.24) is 14.3 Å². The summed E-state index contributed by atoms with van der Waals surface area (Å²) in [6.07, 6.45) is 0. The summed E-state index contributed by atoms with van der Waals surface area (Å²) < 4.78 is 8.63. The average Bonchev–Trinajstić information content (AvgIpc) is 3.11. The highest BCUT2D eigenvalue weighted by Crippen LogP contribution is 2.24. The van der Waals surface area contributed by atoms with Gasteiger partial charge in [-0.05, 0) is 38.5 Å². The third-order valence-electron chi connectivity index (χ3n) is 4.96. The molecule has 0 unspecified atom stereocenters. The van der Waals surface area contributed by atoms with E-state index in [-0.39, 0.29) is 23.1 Å². The first-order valence-electron chi connectivity index (χ1n) is 9.00. The third kappa shape index (κ3) is 4.23. The molecule has 0 saturated heterocycles. The molecule has 0 aliphatic rings. The molecule has 29 heavy (non-hydrogen) atoms. The zero-order valence-corrected chi connectivity index (χ0v) is 18.1. The van der Waals surface area contributed by atoms with Crippen molar-refractivity contribution >= 4 is 35.0 Å². The molecule has 152 valence electrons. The minimum Gasteiger partial charge on any atom is -0.454 e. The Kier molecular flexibility index (Phi) is 6.15. The number of nitrogens with zero attached hydrogens (tertiary/aromatic N) is 3. The summed E-state index contributed by atoms with van der Waals surface area (Å²) in [4.78, 5) is 25.0. The summed E-state index contributed by atoms with van der Waals surface area (Å²) in [6, 6.07) is 9.11. The normalized spacial score (nSPS) is 11.0. The maximum atomic E-state index is 12.6. The summed E-state index contributed by atoms with van der Waals surface area (Å²) in [5, 5.41) is 5.05. The number of benzene rings is 1. The standard InChI is InChI=1S/C21H21Cl2N3O3/c1-12-9-16(14(3)25(12)4)18(27)11-29-21(28)19-13(2)24-26(20(19)23)10-15-7-5-6-8-17(15)22/h5-9H,10-11H2,1-4H3. The summed E-state index contributed by atoms with van der Waals surface area (Å²) in [7, 11) is 1.88. The number of aromatic nitrogens is 3. The van der Waals surface area contributed by atoms with Gasteiger partial charge in [-0.25, -0.2) is 9.48 Å². The van der Waals surface area contributed by atoms with Crippen LogP contribution < -0.4 is 0 Å². The quantitative estimate of drug-likeness (QED) is 0.422. The molecule has 3 rings (SSSR count).